The molecule has 9 heavy (non-hydrogen) atoms. The summed E-state index contributed by atoms with van der Waals surface area (Å²) < 4.78 is 1.15. The summed E-state index contributed by atoms with van der Waals surface area (Å²) in [6.07, 6.45) is 0. The van der Waals surface area contributed by atoms with E-state index in [1.54, 1.807) is 0 Å². The van der Waals surface area contributed by atoms with Crippen LogP contribution < -0.4 is 0 Å². The zero-order chi connectivity index (χ0) is 6.69. The Kier molecular flexibility index (Phi) is 2.06. The lowest BCUT2D eigenvalue weighted by Crippen LogP contribution is -1.64. The van der Waals surface area contributed by atoms with Crippen molar-refractivity contribution < 1.29 is 0 Å². The predicted molar refractivity (Wildman–Crippen MR) is 47.1 cm³/mol. The molecule has 0 spiro atoms. The Labute approximate surface area is 67.7 Å². The molecular formula is C7H5IN+. The number of rotatable bonds is 0. The van der Waals surface area contributed by atoms with Crippen LogP contribution >= 0.6 is 22.6 Å². The lowest BCUT2D eigenvalue weighted by atomic mass is 10.3. The van der Waals surface area contributed by atoms with Gasteiger partial charge in [-0.2, -0.15) is 0 Å². The number of hydrogen-bond donors (Lipinski definition) is 0. The fourth-order valence-corrected chi connectivity index (χ4v) is 1.08. The highest BCUT2D eigenvalue weighted by Crippen LogP contribution is 2.14. The fourth-order valence-electron chi connectivity index (χ4n) is 0.556. The van der Waals surface area contributed by atoms with Gasteiger partial charge in [0.25, 0.3) is 6.57 Å². The van der Waals surface area contributed by atoms with Crippen molar-refractivity contribution in [2.24, 2.45) is 0 Å². The van der Waals surface area contributed by atoms with Gasteiger partial charge in [-0.15, -0.1) is 0 Å². The molecule has 2 heteroatoms. The molecule has 0 radical (unpaired) electrons. The third kappa shape index (κ3) is 1.68. The molecule has 0 aliphatic rings. The fraction of sp³-hybridized carbons (Fsp3) is 0. The van der Waals surface area contributed by atoms with Crippen LogP contribution in [0.2, 0.25) is 0 Å². The molecule has 1 rings (SSSR count). The van der Waals surface area contributed by atoms with E-state index >= 15 is 0 Å². The first-order chi connectivity index (χ1) is 4.33. The van der Waals surface area contributed by atoms with Crippen LogP contribution in [0.1, 0.15) is 0 Å². The lowest BCUT2D eigenvalue weighted by molar-refractivity contribution is 1.66. The summed E-state index contributed by atoms with van der Waals surface area (Å²) in [4.78, 5) is 3.53. The Morgan fingerprint density at radius 3 is 2.67 bits per heavy atom. The van der Waals surface area contributed by atoms with Crippen LogP contribution in [0.25, 0.3) is 4.85 Å². The average molecular weight is 230 g/mol. The minimum atomic E-state index is 0.821. The quantitative estimate of drug-likeness (QED) is 0.603. The summed E-state index contributed by atoms with van der Waals surface area (Å²) in [5.41, 5.74) is 0.821. The average Bonchev–Trinajstić information content (AvgIpc) is 1.88. The van der Waals surface area contributed by atoms with Crippen LogP contribution in [0.4, 0.5) is 5.69 Å². The topological polar surface area (TPSA) is 4.36 Å². The van der Waals surface area contributed by atoms with Crippen LogP contribution in [0.5, 0.6) is 0 Å². The van der Waals surface area contributed by atoms with Crippen LogP contribution in [-0.4, -0.2) is 0 Å². The van der Waals surface area contributed by atoms with Crippen molar-refractivity contribution in [2.45, 2.75) is 0 Å². The standard InChI is InChI=1S/C7H5IN/c1-9-7-4-2-3-6(8)5-7/h1-5H/q+1. The van der Waals surface area contributed by atoms with E-state index in [2.05, 4.69) is 27.4 Å². The minimum Gasteiger partial charge on any atom is -0.0533 e. The number of halogens is 1. The molecule has 0 aliphatic heterocycles. The first-order valence-electron chi connectivity index (χ1n) is 2.49. The minimum absolute atomic E-state index is 0.821. The highest BCUT2D eigenvalue weighted by molar-refractivity contribution is 14.1. The molecule has 0 N–H and O–H groups in total. The molecule has 0 heterocycles. The van der Waals surface area contributed by atoms with Crippen molar-refractivity contribution in [1.29, 1.82) is 0 Å². The molecule has 1 aromatic carbocycles. The van der Waals surface area contributed by atoms with Crippen molar-refractivity contribution >= 4 is 28.3 Å². The molecule has 1 aromatic rings. The summed E-state index contributed by atoms with van der Waals surface area (Å²) in [6.45, 7) is 5.04. The van der Waals surface area contributed by atoms with E-state index in [1.807, 2.05) is 24.3 Å². The van der Waals surface area contributed by atoms with E-state index in [4.69, 9.17) is 6.57 Å². The summed E-state index contributed by atoms with van der Waals surface area (Å²) in [5, 5.41) is 0. The second-order valence-electron chi connectivity index (χ2n) is 1.61. The Morgan fingerprint density at radius 2 is 2.22 bits per heavy atom. The van der Waals surface area contributed by atoms with Crippen LogP contribution in [0.15, 0.2) is 24.3 Å². The van der Waals surface area contributed by atoms with Gasteiger partial charge in [0.1, 0.15) is 0 Å². The summed E-state index contributed by atoms with van der Waals surface area (Å²) in [6, 6.07) is 7.70. The Bertz CT molecular complexity index is 249. The number of benzene rings is 1. The smallest absolute Gasteiger partial charge is 0.0533 e. The molecule has 0 aliphatic carbocycles. The van der Waals surface area contributed by atoms with E-state index in [0.717, 1.165) is 9.26 Å². The molecule has 0 amide bonds. The highest BCUT2D eigenvalue weighted by Gasteiger charge is 1.96. The van der Waals surface area contributed by atoms with Crippen molar-refractivity contribution in [3.8, 4) is 6.57 Å². The largest absolute Gasteiger partial charge is 0.340 e. The van der Waals surface area contributed by atoms with Crippen LogP contribution in [0, 0.1) is 10.1 Å². The van der Waals surface area contributed by atoms with E-state index in [9.17, 15) is 0 Å². The Hall–Kier alpha value is -0.560. The molecule has 0 aromatic heterocycles. The highest BCUT2D eigenvalue weighted by atomic mass is 127. The maximum absolute atomic E-state index is 5.04. The molecule has 1 nitrogen and oxygen atoms in total. The SMILES string of the molecule is C#[N+]c1cccc(I)c1. The first-order valence-corrected chi connectivity index (χ1v) is 3.57. The first kappa shape index (κ1) is 6.56. The molecule has 0 unspecified atom stereocenters. The summed E-state index contributed by atoms with van der Waals surface area (Å²) in [7, 11) is 0. The van der Waals surface area contributed by atoms with E-state index in [-0.39, 0.29) is 0 Å². The molecule has 0 bridgehead atoms. The van der Waals surface area contributed by atoms with Crippen molar-refractivity contribution in [2.75, 3.05) is 0 Å². The van der Waals surface area contributed by atoms with Gasteiger partial charge in [0.05, 0.1) is 0 Å². The van der Waals surface area contributed by atoms with Gasteiger partial charge < -0.3 is 0 Å². The van der Waals surface area contributed by atoms with Crippen LogP contribution in [-0.2, 0) is 0 Å². The van der Waals surface area contributed by atoms with Gasteiger partial charge in [-0.05, 0) is 33.5 Å². The molecular weight excluding hydrogens is 225 g/mol. The second kappa shape index (κ2) is 2.83. The number of hydrogen-bond acceptors (Lipinski definition) is 0. The lowest BCUT2D eigenvalue weighted by Gasteiger charge is -1.80. The second-order valence-corrected chi connectivity index (χ2v) is 2.85. The third-order valence-corrected chi connectivity index (χ3v) is 1.63. The van der Waals surface area contributed by atoms with Gasteiger partial charge in [0.15, 0.2) is 0 Å². The molecule has 0 saturated heterocycles. The zero-order valence-electron chi connectivity index (χ0n) is 4.71. The zero-order valence-corrected chi connectivity index (χ0v) is 6.87. The molecule has 44 valence electrons. The van der Waals surface area contributed by atoms with Gasteiger partial charge in [0.2, 0.25) is 0 Å². The molecule has 0 saturated carbocycles. The van der Waals surface area contributed by atoms with Gasteiger partial charge in [-0.25, -0.2) is 0 Å². The van der Waals surface area contributed by atoms with Gasteiger partial charge in [0, 0.05) is 15.7 Å². The van der Waals surface area contributed by atoms with E-state index in [0.29, 0.717) is 0 Å². The Balaban J connectivity index is 3.12. The summed E-state index contributed by atoms with van der Waals surface area (Å²) >= 11 is 2.21. The maximum Gasteiger partial charge on any atom is 0.340 e. The monoisotopic (exact) mass is 230 g/mol. The predicted octanol–water partition coefficient (Wildman–Crippen LogP) is 2.89. The number of nitrogens with zero attached hydrogens (tertiary/aromatic N) is 1. The van der Waals surface area contributed by atoms with Crippen molar-refractivity contribution in [3.05, 3.63) is 32.7 Å². The molecule has 0 atom stereocenters. The van der Waals surface area contributed by atoms with E-state index < -0.39 is 0 Å². The normalized spacial score (nSPS) is 8.44. The van der Waals surface area contributed by atoms with E-state index in [1.165, 1.54) is 0 Å². The van der Waals surface area contributed by atoms with Crippen molar-refractivity contribution in [1.82, 2.24) is 0 Å². The van der Waals surface area contributed by atoms with Crippen molar-refractivity contribution in [3.63, 3.8) is 0 Å². The molecule has 0 fully saturated rings. The Morgan fingerprint density at radius 1 is 1.44 bits per heavy atom. The van der Waals surface area contributed by atoms with Gasteiger partial charge >= 0.3 is 5.69 Å². The van der Waals surface area contributed by atoms with Gasteiger partial charge in [-0.3, -0.25) is 0 Å². The van der Waals surface area contributed by atoms with Crippen LogP contribution in [0.3, 0.4) is 0 Å². The maximum atomic E-state index is 5.04. The van der Waals surface area contributed by atoms with Gasteiger partial charge in [-0.1, -0.05) is 6.07 Å². The summed E-state index contributed by atoms with van der Waals surface area (Å²) in [5.74, 6) is 0. The third-order valence-electron chi connectivity index (χ3n) is 0.957.